The van der Waals surface area contributed by atoms with Crippen molar-refractivity contribution in [3.05, 3.63) is 48.0 Å². The lowest BCUT2D eigenvalue weighted by molar-refractivity contribution is -0.154. The molecule has 214 valence electrons. The number of nitrogens with zero attached hydrogens (tertiary/aromatic N) is 1. The maximum Gasteiger partial charge on any atom is 0.254 e. The minimum Gasteiger partial charge on any atom is -0.391 e. The summed E-state index contributed by atoms with van der Waals surface area (Å²) in [5, 5.41) is 21.6. The van der Waals surface area contributed by atoms with Gasteiger partial charge in [-0.2, -0.15) is 0 Å². The van der Waals surface area contributed by atoms with Crippen LogP contribution in [0.3, 0.4) is 0 Å². The maximum atomic E-state index is 13.5. The Labute approximate surface area is 231 Å². The van der Waals surface area contributed by atoms with Crippen LogP contribution >= 0.6 is 0 Å². The number of likely N-dealkylation sites (tertiary alicyclic amines) is 1. The van der Waals surface area contributed by atoms with Crippen LogP contribution < -0.4 is 16.0 Å². The third kappa shape index (κ3) is 8.49. The van der Waals surface area contributed by atoms with Crippen LogP contribution in [0, 0.1) is 5.92 Å². The summed E-state index contributed by atoms with van der Waals surface area (Å²) >= 11 is 0. The molecule has 3 atom stereocenters. The van der Waals surface area contributed by atoms with E-state index in [1.165, 1.54) is 12.0 Å². The summed E-state index contributed by atoms with van der Waals surface area (Å²) in [7, 11) is 1.43. The van der Waals surface area contributed by atoms with Gasteiger partial charge in [-0.25, -0.2) is 0 Å². The summed E-state index contributed by atoms with van der Waals surface area (Å²) in [6.45, 7) is 9.75. The van der Waals surface area contributed by atoms with Gasteiger partial charge in [0.05, 0.1) is 6.10 Å². The van der Waals surface area contributed by atoms with Crippen molar-refractivity contribution in [1.29, 1.82) is 0 Å². The number of aliphatic hydroxyl groups is 1. The number of nitrogens with one attached hydrogen (secondary N) is 3. The Hall–Kier alpha value is -3.01. The smallest absolute Gasteiger partial charge is 0.254 e. The van der Waals surface area contributed by atoms with Gasteiger partial charge in [-0.3, -0.25) is 14.4 Å². The van der Waals surface area contributed by atoms with E-state index in [0.717, 1.165) is 35.8 Å². The van der Waals surface area contributed by atoms with E-state index >= 15 is 0 Å². The molecule has 9 heteroatoms. The first-order chi connectivity index (χ1) is 18.5. The molecule has 1 fully saturated rings. The Kier molecular flexibility index (Phi) is 10.9. The Morgan fingerprint density at radius 1 is 1.10 bits per heavy atom. The molecule has 1 aliphatic heterocycles. The first-order valence-corrected chi connectivity index (χ1v) is 13.8. The zero-order valence-electron chi connectivity index (χ0n) is 23.8. The number of carbonyl (C=O) groups is 3. The first-order valence-electron chi connectivity index (χ1n) is 13.8. The molecule has 0 bridgehead atoms. The molecule has 1 unspecified atom stereocenters. The number of amides is 3. The molecule has 39 heavy (non-hydrogen) atoms. The van der Waals surface area contributed by atoms with Gasteiger partial charge in [-0.15, -0.1) is 0 Å². The molecule has 9 nitrogen and oxygen atoms in total. The predicted molar refractivity (Wildman–Crippen MR) is 152 cm³/mol. The Morgan fingerprint density at radius 2 is 1.82 bits per heavy atom. The number of rotatable bonds is 13. The van der Waals surface area contributed by atoms with Crippen LogP contribution in [0.15, 0.2) is 42.5 Å². The summed E-state index contributed by atoms with van der Waals surface area (Å²) in [5.74, 6) is -0.581. The van der Waals surface area contributed by atoms with Gasteiger partial charge in [0.2, 0.25) is 11.8 Å². The minimum atomic E-state index is -1.14. The highest BCUT2D eigenvalue weighted by Crippen LogP contribution is 2.24. The van der Waals surface area contributed by atoms with Gasteiger partial charge in [0.15, 0.2) is 0 Å². The lowest BCUT2D eigenvalue weighted by Crippen LogP contribution is -2.56. The lowest BCUT2D eigenvalue weighted by Gasteiger charge is -2.32. The topological polar surface area (TPSA) is 120 Å². The van der Waals surface area contributed by atoms with Crippen LogP contribution in [0.2, 0.25) is 0 Å². The third-order valence-corrected chi connectivity index (χ3v) is 7.14. The van der Waals surface area contributed by atoms with Gasteiger partial charge in [0, 0.05) is 33.0 Å². The summed E-state index contributed by atoms with van der Waals surface area (Å²) in [4.78, 5) is 41.2. The van der Waals surface area contributed by atoms with Crippen LogP contribution in [0.5, 0.6) is 0 Å². The van der Waals surface area contributed by atoms with Crippen molar-refractivity contribution in [2.24, 2.45) is 5.92 Å². The summed E-state index contributed by atoms with van der Waals surface area (Å²) in [6, 6.07) is 12.2. The summed E-state index contributed by atoms with van der Waals surface area (Å²) in [5.41, 5.74) is -0.235. The maximum absolute atomic E-state index is 13.5. The van der Waals surface area contributed by atoms with Crippen molar-refractivity contribution < 1.29 is 24.2 Å². The van der Waals surface area contributed by atoms with E-state index in [1.54, 1.807) is 13.8 Å². The lowest BCUT2D eigenvalue weighted by atomic mass is 10.0. The molecule has 1 saturated heterocycles. The number of benzene rings is 2. The van der Waals surface area contributed by atoms with Crippen molar-refractivity contribution in [2.45, 2.75) is 70.7 Å². The quantitative estimate of drug-likeness (QED) is 0.289. The van der Waals surface area contributed by atoms with Gasteiger partial charge in [-0.05, 0) is 55.6 Å². The van der Waals surface area contributed by atoms with Crippen LogP contribution in [-0.2, 0) is 25.5 Å². The van der Waals surface area contributed by atoms with Gasteiger partial charge in [-0.1, -0.05) is 56.3 Å². The van der Waals surface area contributed by atoms with Crippen molar-refractivity contribution in [3.8, 4) is 0 Å². The number of β-amino-alcohol motifs (C(OH)–C–C–N with tert-alkyl or cyclic N) is 1. The normalized spacial score (nSPS) is 18.4. The number of hydrogen-bond acceptors (Lipinski definition) is 6. The average Bonchev–Trinajstić information content (AvgIpc) is 3.30. The molecule has 2 aromatic carbocycles. The molecule has 0 spiro atoms. The zero-order chi connectivity index (χ0) is 28.6. The number of carbonyl (C=O) groups excluding carboxylic acids is 3. The van der Waals surface area contributed by atoms with Gasteiger partial charge in [0.1, 0.15) is 17.7 Å². The number of hydrogen-bond donors (Lipinski definition) is 4. The molecule has 1 aliphatic rings. The number of aliphatic hydroxyl groups excluding tert-OH is 1. The Morgan fingerprint density at radius 3 is 2.51 bits per heavy atom. The van der Waals surface area contributed by atoms with Crippen molar-refractivity contribution in [2.75, 3.05) is 33.3 Å². The number of methoxy groups -OCH3 is 1. The minimum absolute atomic E-state index is 0.0363. The Bertz CT molecular complexity index is 1140. The molecule has 0 saturated carbocycles. The first kappa shape index (κ1) is 30.5. The van der Waals surface area contributed by atoms with Crippen molar-refractivity contribution >= 4 is 28.5 Å². The standard InChI is InChI=1S/C30H44N4O5/c1-20(2)18-31-13-8-14-32-27(36)25(16-21-11-12-22-9-6-7-10-23(22)15-21)33-28(37)26-17-24(35)19-34(26)29(38)30(3,4)39-5/h6-7,9-12,15,20,24-26,31,35H,8,13-14,16-19H2,1-5H3,(H,32,36)(H,33,37)/t24-,25-,26?/m1/s1. The van der Waals surface area contributed by atoms with E-state index in [2.05, 4.69) is 29.8 Å². The largest absolute Gasteiger partial charge is 0.391 e. The van der Waals surface area contributed by atoms with Crippen LogP contribution in [-0.4, -0.2) is 84.8 Å². The van der Waals surface area contributed by atoms with E-state index in [4.69, 9.17) is 4.74 Å². The van der Waals surface area contributed by atoms with Gasteiger partial charge < -0.3 is 30.7 Å². The van der Waals surface area contributed by atoms with E-state index in [0.29, 0.717) is 18.9 Å². The summed E-state index contributed by atoms with van der Waals surface area (Å²) in [6.07, 6.45) is 0.325. The van der Waals surface area contributed by atoms with Crippen LogP contribution in [0.25, 0.3) is 10.8 Å². The highest BCUT2D eigenvalue weighted by atomic mass is 16.5. The Balaban J connectivity index is 1.73. The molecule has 4 N–H and O–H groups in total. The average molecular weight is 541 g/mol. The van der Waals surface area contributed by atoms with E-state index < -0.39 is 29.7 Å². The summed E-state index contributed by atoms with van der Waals surface area (Å²) < 4.78 is 5.32. The number of ether oxygens (including phenoxy) is 1. The fourth-order valence-electron chi connectivity index (χ4n) is 4.74. The molecule has 3 rings (SSSR count). The highest BCUT2D eigenvalue weighted by molar-refractivity contribution is 5.94. The van der Waals surface area contributed by atoms with Crippen molar-refractivity contribution in [1.82, 2.24) is 20.9 Å². The van der Waals surface area contributed by atoms with Gasteiger partial charge >= 0.3 is 0 Å². The molecule has 0 aromatic heterocycles. The fourth-order valence-corrected chi connectivity index (χ4v) is 4.74. The second-order valence-corrected chi connectivity index (χ2v) is 11.3. The second-order valence-electron chi connectivity index (χ2n) is 11.3. The SMILES string of the molecule is COC(C)(C)C(=O)N1C[C@H](O)CC1C(=O)N[C@H](Cc1ccc2ccccc2c1)C(=O)NCCCNCC(C)C. The molecule has 0 radical (unpaired) electrons. The molecular formula is C30H44N4O5. The predicted octanol–water partition coefficient (Wildman–Crippen LogP) is 2.01. The van der Waals surface area contributed by atoms with E-state index in [1.807, 2.05) is 42.5 Å². The molecule has 2 aromatic rings. The van der Waals surface area contributed by atoms with Crippen molar-refractivity contribution in [3.63, 3.8) is 0 Å². The van der Waals surface area contributed by atoms with Gasteiger partial charge in [0.25, 0.3) is 5.91 Å². The zero-order valence-corrected chi connectivity index (χ0v) is 23.8. The third-order valence-electron chi connectivity index (χ3n) is 7.14. The molecule has 3 amide bonds. The fraction of sp³-hybridized carbons (Fsp3) is 0.567. The van der Waals surface area contributed by atoms with E-state index in [9.17, 15) is 19.5 Å². The molecule has 0 aliphatic carbocycles. The molecule has 1 heterocycles. The monoisotopic (exact) mass is 540 g/mol. The molecular weight excluding hydrogens is 496 g/mol. The van der Waals surface area contributed by atoms with E-state index in [-0.39, 0.29) is 24.8 Å². The number of fused-ring (bicyclic) bond motifs is 1. The highest BCUT2D eigenvalue weighted by Gasteiger charge is 2.44. The second kappa shape index (κ2) is 13.9. The van der Waals surface area contributed by atoms with Crippen LogP contribution in [0.1, 0.15) is 46.1 Å². The van der Waals surface area contributed by atoms with Crippen LogP contribution in [0.4, 0.5) is 0 Å².